The zero-order valence-electron chi connectivity index (χ0n) is 12.3. The van der Waals surface area contributed by atoms with Crippen LogP contribution in [0.1, 0.15) is 16.7 Å². The van der Waals surface area contributed by atoms with Crippen LogP contribution in [0.4, 0.5) is 11.4 Å². The summed E-state index contributed by atoms with van der Waals surface area (Å²) >= 11 is 3.51. The summed E-state index contributed by atoms with van der Waals surface area (Å²) in [6.45, 7) is 5.17. The first-order valence-electron chi connectivity index (χ1n) is 6.79. The van der Waals surface area contributed by atoms with Gasteiger partial charge in [-0.3, -0.25) is 0 Å². The van der Waals surface area contributed by atoms with Crippen molar-refractivity contribution in [1.82, 2.24) is 0 Å². The van der Waals surface area contributed by atoms with E-state index in [0.29, 0.717) is 0 Å². The van der Waals surface area contributed by atoms with Crippen molar-refractivity contribution < 1.29 is 0 Å². The Hall–Kier alpha value is -1.48. The van der Waals surface area contributed by atoms with E-state index in [1.807, 2.05) is 0 Å². The Labute approximate surface area is 129 Å². The Morgan fingerprint density at radius 3 is 2.50 bits per heavy atom. The van der Waals surface area contributed by atoms with E-state index >= 15 is 0 Å². The number of hydrogen-bond acceptors (Lipinski definition) is 2. The van der Waals surface area contributed by atoms with E-state index < -0.39 is 0 Å². The molecule has 0 spiro atoms. The zero-order valence-corrected chi connectivity index (χ0v) is 13.9. The van der Waals surface area contributed by atoms with E-state index in [2.05, 4.69) is 78.1 Å². The molecule has 2 N–H and O–H groups in total. The topological polar surface area (TPSA) is 29.3 Å². The van der Waals surface area contributed by atoms with E-state index in [4.69, 9.17) is 5.73 Å². The number of rotatable bonds is 4. The summed E-state index contributed by atoms with van der Waals surface area (Å²) in [5.74, 6) is 0. The summed E-state index contributed by atoms with van der Waals surface area (Å²) in [5.41, 5.74) is 12.0. The number of benzene rings is 2. The predicted molar refractivity (Wildman–Crippen MR) is 91.4 cm³/mol. The second-order valence-corrected chi connectivity index (χ2v) is 6.21. The highest BCUT2D eigenvalue weighted by Gasteiger charge is 2.07. The maximum absolute atomic E-state index is 6.14. The van der Waals surface area contributed by atoms with Crippen LogP contribution in [0.3, 0.4) is 0 Å². The molecule has 0 saturated carbocycles. The molecule has 0 amide bonds. The van der Waals surface area contributed by atoms with E-state index in [1.54, 1.807) is 0 Å². The van der Waals surface area contributed by atoms with E-state index in [9.17, 15) is 0 Å². The number of likely N-dealkylation sites (N-methyl/N-ethyl adjacent to an activating group) is 1. The summed E-state index contributed by atoms with van der Waals surface area (Å²) < 4.78 is 1.13. The van der Waals surface area contributed by atoms with E-state index in [1.165, 1.54) is 16.7 Å². The molecule has 2 rings (SSSR count). The van der Waals surface area contributed by atoms with Gasteiger partial charge in [0.25, 0.3) is 0 Å². The minimum atomic E-state index is 0.852. The first kappa shape index (κ1) is 14.9. The van der Waals surface area contributed by atoms with Crippen LogP contribution in [0.2, 0.25) is 0 Å². The number of halogens is 1. The van der Waals surface area contributed by atoms with Crippen molar-refractivity contribution in [2.45, 2.75) is 20.3 Å². The molecule has 106 valence electrons. The number of aryl methyl sites for hydroxylation is 2. The van der Waals surface area contributed by atoms with Gasteiger partial charge in [-0.1, -0.05) is 28.1 Å². The lowest BCUT2D eigenvalue weighted by molar-refractivity contribution is 0.876. The first-order valence-corrected chi connectivity index (χ1v) is 7.59. The summed E-state index contributed by atoms with van der Waals surface area (Å²) in [6, 6.07) is 12.7. The Kier molecular flexibility index (Phi) is 4.71. The lowest BCUT2D eigenvalue weighted by atomic mass is 10.1. The third-order valence-electron chi connectivity index (χ3n) is 3.68. The molecule has 0 fully saturated rings. The van der Waals surface area contributed by atoms with Gasteiger partial charge < -0.3 is 10.6 Å². The minimum Gasteiger partial charge on any atom is -0.397 e. The summed E-state index contributed by atoms with van der Waals surface area (Å²) in [7, 11) is 2.10. The molecule has 0 unspecified atom stereocenters. The number of nitrogens with zero attached hydrogens (tertiary/aromatic N) is 1. The van der Waals surface area contributed by atoms with Gasteiger partial charge >= 0.3 is 0 Å². The van der Waals surface area contributed by atoms with Crippen LogP contribution in [-0.2, 0) is 6.42 Å². The maximum atomic E-state index is 6.14. The van der Waals surface area contributed by atoms with Gasteiger partial charge in [-0.15, -0.1) is 0 Å². The van der Waals surface area contributed by atoms with Gasteiger partial charge in [0.15, 0.2) is 0 Å². The molecule has 0 heterocycles. The molecule has 0 aliphatic rings. The van der Waals surface area contributed by atoms with Gasteiger partial charge in [0.05, 0.1) is 11.4 Å². The van der Waals surface area contributed by atoms with Crippen LogP contribution in [0.5, 0.6) is 0 Å². The lowest BCUT2D eigenvalue weighted by Gasteiger charge is -2.22. The molecule has 2 aromatic carbocycles. The normalized spacial score (nSPS) is 10.6. The average Bonchev–Trinajstić information content (AvgIpc) is 2.40. The van der Waals surface area contributed by atoms with Crippen LogP contribution in [-0.4, -0.2) is 13.6 Å². The van der Waals surface area contributed by atoms with Gasteiger partial charge in [0, 0.05) is 18.1 Å². The standard InChI is InChI=1S/C17H21BrN2/c1-12-9-16(19)17(10-13(12)2)20(3)8-7-14-5-4-6-15(18)11-14/h4-6,9-11H,7-8,19H2,1-3H3. The van der Waals surface area contributed by atoms with Crippen LogP contribution in [0.15, 0.2) is 40.9 Å². The van der Waals surface area contributed by atoms with E-state index in [0.717, 1.165) is 28.8 Å². The highest BCUT2D eigenvalue weighted by Crippen LogP contribution is 2.26. The monoisotopic (exact) mass is 332 g/mol. The van der Waals surface area contributed by atoms with Crippen molar-refractivity contribution in [3.8, 4) is 0 Å². The van der Waals surface area contributed by atoms with Crippen molar-refractivity contribution in [1.29, 1.82) is 0 Å². The molecule has 2 nitrogen and oxygen atoms in total. The van der Waals surface area contributed by atoms with Gasteiger partial charge in [-0.05, 0) is 61.2 Å². The molecule has 0 atom stereocenters. The Balaban J connectivity index is 2.09. The number of nitrogens with two attached hydrogens (primary N) is 1. The molecule has 0 bridgehead atoms. The molecule has 0 radical (unpaired) electrons. The maximum Gasteiger partial charge on any atom is 0.0600 e. The Morgan fingerprint density at radius 2 is 1.80 bits per heavy atom. The molecule has 0 aliphatic carbocycles. The number of hydrogen-bond donors (Lipinski definition) is 1. The van der Waals surface area contributed by atoms with Crippen molar-refractivity contribution in [2.75, 3.05) is 24.2 Å². The quantitative estimate of drug-likeness (QED) is 0.844. The van der Waals surface area contributed by atoms with Gasteiger partial charge in [0.1, 0.15) is 0 Å². The summed E-state index contributed by atoms with van der Waals surface area (Å²) in [4.78, 5) is 2.22. The second-order valence-electron chi connectivity index (χ2n) is 5.30. The minimum absolute atomic E-state index is 0.852. The van der Waals surface area contributed by atoms with Crippen LogP contribution in [0.25, 0.3) is 0 Å². The lowest BCUT2D eigenvalue weighted by Crippen LogP contribution is -2.21. The molecule has 2 aromatic rings. The molecule has 3 heteroatoms. The van der Waals surface area contributed by atoms with Gasteiger partial charge in [0.2, 0.25) is 0 Å². The largest absolute Gasteiger partial charge is 0.397 e. The van der Waals surface area contributed by atoms with Gasteiger partial charge in [-0.2, -0.15) is 0 Å². The summed E-state index contributed by atoms with van der Waals surface area (Å²) in [6.07, 6.45) is 1.00. The van der Waals surface area contributed by atoms with Crippen LogP contribution in [0, 0.1) is 13.8 Å². The summed E-state index contributed by atoms with van der Waals surface area (Å²) in [5, 5.41) is 0. The van der Waals surface area contributed by atoms with Crippen molar-refractivity contribution in [3.63, 3.8) is 0 Å². The number of anilines is 2. The molecular formula is C17H21BrN2. The Morgan fingerprint density at radius 1 is 1.10 bits per heavy atom. The molecule has 0 aliphatic heterocycles. The fourth-order valence-electron chi connectivity index (χ4n) is 2.26. The second kappa shape index (κ2) is 6.31. The smallest absolute Gasteiger partial charge is 0.0600 e. The highest BCUT2D eigenvalue weighted by atomic mass is 79.9. The van der Waals surface area contributed by atoms with E-state index in [-0.39, 0.29) is 0 Å². The SMILES string of the molecule is Cc1cc(N)c(N(C)CCc2cccc(Br)c2)cc1C. The van der Waals surface area contributed by atoms with Crippen molar-refractivity contribution >= 4 is 27.3 Å². The Bertz CT molecular complexity index is 608. The van der Waals surface area contributed by atoms with Crippen molar-refractivity contribution in [2.24, 2.45) is 0 Å². The van der Waals surface area contributed by atoms with Crippen molar-refractivity contribution in [3.05, 3.63) is 57.6 Å². The highest BCUT2D eigenvalue weighted by molar-refractivity contribution is 9.10. The first-order chi connectivity index (χ1) is 9.47. The van der Waals surface area contributed by atoms with Crippen LogP contribution >= 0.6 is 15.9 Å². The van der Waals surface area contributed by atoms with Gasteiger partial charge in [-0.25, -0.2) is 0 Å². The third kappa shape index (κ3) is 3.54. The molecule has 0 aromatic heterocycles. The zero-order chi connectivity index (χ0) is 14.7. The molecule has 0 saturated heterocycles. The average molecular weight is 333 g/mol. The fraction of sp³-hybridized carbons (Fsp3) is 0.294. The number of nitrogen functional groups attached to an aromatic ring is 1. The predicted octanol–water partition coefficient (Wildman–Crippen LogP) is 4.33. The molecule has 20 heavy (non-hydrogen) atoms. The third-order valence-corrected chi connectivity index (χ3v) is 4.17. The molecular weight excluding hydrogens is 312 g/mol. The van der Waals surface area contributed by atoms with Crippen LogP contribution < -0.4 is 10.6 Å². The fourth-order valence-corrected chi connectivity index (χ4v) is 2.71.